The van der Waals surface area contributed by atoms with Crippen molar-refractivity contribution in [1.29, 1.82) is 0 Å². The SMILES string of the molecule is CC(=O)O[C@@H]1O[C@@H]2CCC[C@@H]2[C@H](OC(C)=O)[C@H]1OC(C)=O. The number of carbonyl (C=O) groups excluding carboxylic acids is 3. The smallest absolute Gasteiger partial charge is 0.305 e. The van der Waals surface area contributed by atoms with Crippen LogP contribution in [-0.4, -0.2) is 42.5 Å². The zero-order valence-electron chi connectivity index (χ0n) is 12.4. The minimum Gasteiger partial charge on any atom is -0.458 e. The van der Waals surface area contributed by atoms with Gasteiger partial charge < -0.3 is 18.9 Å². The Morgan fingerprint density at radius 3 is 2.00 bits per heavy atom. The molecule has 5 atom stereocenters. The third-order valence-electron chi connectivity index (χ3n) is 3.71. The van der Waals surface area contributed by atoms with Crippen molar-refractivity contribution >= 4 is 17.9 Å². The van der Waals surface area contributed by atoms with Gasteiger partial charge in [-0.15, -0.1) is 0 Å². The zero-order chi connectivity index (χ0) is 15.6. The van der Waals surface area contributed by atoms with Crippen molar-refractivity contribution in [2.45, 2.75) is 64.6 Å². The molecule has 0 N–H and O–H groups in total. The van der Waals surface area contributed by atoms with Crippen molar-refractivity contribution in [3.63, 3.8) is 0 Å². The van der Waals surface area contributed by atoms with Gasteiger partial charge in [-0.1, -0.05) is 6.42 Å². The van der Waals surface area contributed by atoms with E-state index < -0.39 is 36.4 Å². The van der Waals surface area contributed by atoms with Crippen LogP contribution in [0.5, 0.6) is 0 Å². The van der Waals surface area contributed by atoms with E-state index in [1.54, 1.807) is 0 Å². The molecule has 0 aromatic heterocycles. The van der Waals surface area contributed by atoms with Crippen LogP contribution in [0.2, 0.25) is 0 Å². The van der Waals surface area contributed by atoms with Gasteiger partial charge in [-0.05, 0) is 12.8 Å². The molecule has 2 fully saturated rings. The van der Waals surface area contributed by atoms with E-state index in [2.05, 4.69) is 0 Å². The van der Waals surface area contributed by atoms with Crippen LogP contribution in [0.4, 0.5) is 0 Å². The fourth-order valence-electron chi connectivity index (χ4n) is 3.07. The third-order valence-corrected chi connectivity index (χ3v) is 3.71. The predicted octanol–water partition coefficient (Wildman–Crippen LogP) is 0.938. The Bertz CT molecular complexity index is 433. The summed E-state index contributed by atoms with van der Waals surface area (Å²) in [5, 5.41) is 0. The molecule has 2 aliphatic rings. The summed E-state index contributed by atoms with van der Waals surface area (Å²) < 4.78 is 21.4. The van der Waals surface area contributed by atoms with Crippen LogP contribution in [0.25, 0.3) is 0 Å². The van der Waals surface area contributed by atoms with Crippen molar-refractivity contribution in [2.75, 3.05) is 0 Å². The second-order valence-corrected chi connectivity index (χ2v) is 5.40. The lowest BCUT2D eigenvalue weighted by Crippen LogP contribution is -2.56. The van der Waals surface area contributed by atoms with E-state index in [4.69, 9.17) is 18.9 Å². The van der Waals surface area contributed by atoms with Crippen LogP contribution in [-0.2, 0) is 33.3 Å². The first-order chi connectivity index (χ1) is 9.88. The number of fused-ring (bicyclic) bond motifs is 1. The Morgan fingerprint density at radius 2 is 1.43 bits per heavy atom. The molecule has 1 saturated heterocycles. The number of carbonyl (C=O) groups is 3. The Hall–Kier alpha value is -1.63. The van der Waals surface area contributed by atoms with E-state index in [1.165, 1.54) is 20.8 Å². The van der Waals surface area contributed by atoms with Crippen molar-refractivity contribution in [3.05, 3.63) is 0 Å². The lowest BCUT2D eigenvalue weighted by molar-refractivity contribution is -0.278. The highest BCUT2D eigenvalue weighted by Crippen LogP contribution is 2.40. The van der Waals surface area contributed by atoms with E-state index in [1.807, 2.05) is 0 Å². The maximum Gasteiger partial charge on any atom is 0.305 e. The summed E-state index contributed by atoms with van der Waals surface area (Å²) in [5.74, 6) is -1.61. The van der Waals surface area contributed by atoms with Crippen LogP contribution in [0.1, 0.15) is 40.0 Å². The summed E-state index contributed by atoms with van der Waals surface area (Å²) in [6.45, 7) is 3.79. The zero-order valence-corrected chi connectivity index (χ0v) is 12.4. The van der Waals surface area contributed by atoms with Gasteiger partial charge in [0.2, 0.25) is 12.4 Å². The molecule has 0 aromatic carbocycles. The predicted molar refractivity (Wildman–Crippen MR) is 68.9 cm³/mol. The molecule has 0 radical (unpaired) electrons. The molecule has 0 bridgehead atoms. The Labute approximate surface area is 122 Å². The van der Waals surface area contributed by atoms with Gasteiger partial charge in [0.25, 0.3) is 0 Å². The Kier molecular flexibility index (Phi) is 4.82. The van der Waals surface area contributed by atoms with E-state index in [-0.39, 0.29) is 12.0 Å². The highest BCUT2D eigenvalue weighted by Gasteiger charge is 2.52. The maximum atomic E-state index is 11.3. The van der Waals surface area contributed by atoms with Crippen molar-refractivity contribution in [2.24, 2.45) is 5.92 Å². The number of esters is 3. The molecular weight excluding hydrogens is 280 g/mol. The van der Waals surface area contributed by atoms with Crippen molar-refractivity contribution in [3.8, 4) is 0 Å². The molecule has 2 rings (SSSR count). The first-order valence-electron chi connectivity index (χ1n) is 7.05. The molecule has 1 aliphatic heterocycles. The van der Waals surface area contributed by atoms with E-state index in [9.17, 15) is 14.4 Å². The van der Waals surface area contributed by atoms with Gasteiger partial charge in [0.15, 0.2) is 6.10 Å². The number of hydrogen-bond donors (Lipinski definition) is 0. The molecule has 0 amide bonds. The summed E-state index contributed by atoms with van der Waals surface area (Å²) in [5.41, 5.74) is 0. The molecule has 0 aromatic rings. The van der Waals surface area contributed by atoms with E-state index in [0.29, 0.717) is 0 Å². The summed E-state index contributed by atoms with van der Waals surface area (Å²) >= 11 is 0. The van der Waals surface area contributed by atoms with Crippen LogP contribution in [0.3, 0.4) is 0 Å². The molecule has 0 unspecified atom stereocenters. The van der Waals surface area contributed by atoms with Crippen molar-refractivity contribution < 1.29 is 33.3 Å². The summed E-state index contributed by atoms with van der Waals surface area (Å²) in [7, 11) is 0. The molecule has 7 nitrogen and oxygen atoms in total. The normalized spacial score (nSPS) is 34.7. The number of hydrogen-bond acceptors (Lipinski definition) is 7. The Balaban J connectivity index is 2.25. The molecule has 21 heavy (non-hydrogen) atoms. The standard InChI is InChI=1S/C14H20O7/c1-7(15)18-12-10-5-4-6-11(10)21-14(20-9(3)17)13(12)19-8(2)16/h10-14H,4-6H2,1-3H3/t10-,11+,12-,13+,14+/m0/s1. The minimum absolute atomic E-state index is 0.0509. The lowest BCUT2D eigenvalue weighted by Gasteiger charge is -2.42. The highest BCUT2D eigenvalue weighted by atomic mass is 16.7. The maximum absolute atomic E-state index is 11.3. The van der Waals surface area contributed by atoms with Crippen LogP contribution < -0.4 is 0 Å². The molecule has 118 valence electrons. The van der Waals surface area contributed by atoms with Crippen LogP contribution in [0, 0.1) is 5.92 Å². The highest BCUT2D eigenvalue weighted by molar-refractivity contribution is 5.68. The minimum atomic E-state index is -1.05. The van der Waals surface area contributed by atoms with E-state index >= 15 is 0 Å². The van der Waals surface area contributed by atoms with Gasteiger partial charge in [0.05, 0.1) is 6.10 Å². The summed E-state index contributed by atoms with van der Waals surface area (Å²) in [6.07, 6.45) is -0.264. The van der Waals surface area contributed by atoms with Crippen LogP contribution in [0.15, 0.2) is 0 Å². The molecule has 1 heterocycles. The molecule has 7 heteroatoms. The number of rotatable bonds is 3. The average molecular weight is 300 g/mol. The molecule has 0 spiro atoms. The van der Waals surface area contributed by atoms with Crippen molar-refractivity contribution in [1.82, 2.24) is 0 Å². The molecule has 1 aliphatic carbocycles. The molecule has 1 saturated carbocycles. The monoisotopic (exact) mass is 300 g/mol. The van der Waals surface area contributed by atoms with Gasteiger partial charge in [0, 0.05) is 26.7 Å². The lowest BCUT2D eigenvalue weighted by atomic mass is 9.90. The summed E-state index contributed by atoms with van der Waals surface area (Å²) in [6, 6.07) is 0. The topological polar surface area (TPSA) is 88.1 Å². The second-order valence-electron chi connectivity index (χ2n) is 5.40. The third kappa shape index (κ3) is 3.72. The summed E-state index contributed by atoms with van der Waals surface area (Å²) in [4.78, 5) is 33.9. The largest absolute Gasteiger partial charge is 0.458 e. The second kappa shape index (κ2) is 6.43. The van der Waals surface area contributed by atoms with Gasteiger partial charge in [-0.2, -0.15) is 0 Å². The van der Waals surface area contributed by atoms with Gasteiger partial charge in [0.1, 0.15) is 0 Å². The average Bonchev–Trinajstić information content (AvgIpc) is 2.79. The van der Waals surface area contributed by atoms with Gasteiger partial charge >= 0.3 is 17.9 Å². The first kappa shape index (κ1) is 15.8. The quantitative estimate of drug-likeness (QED) is 0.566. The fraction of sp³-hybridized carbons (Fsp3) is 0.786. The van der Waals surface area contributed by atoms with Gasteiger partial charge in [-0.3, -0.25) is 14.4 Å². The van der Waals surface area contributed by atoms with E-state index in [0.717, 1.165) is 19.3 Å². The van der Waals surface area contributed by atoms with Crippen LogP contribution >= 0.6 is 0 Å². The molecular formula is C14H20O7. The Morgan fingerprint density at radius 1 is 0.857 bits per heavy atom. The number of ether oxygens (including phenoxy) is 4. The fourth-order valence-corrected chi connectivity index (χ4v) is 3.07. The first-order valence-corrected chi connectivity index (χ1v) is 7.05. The van der Waals surface area contributed by atoms with Gasteiger partial charge in [-0.25, -0.2) is 0 Å².